The Morgan fingerprint density at radius 3 is 2.74 bits per heavy atom. The largest absolute Gasteiger partial charge is 0.481 e. The van der Waals surface area contributed by atoms with Crippen LogP contribution in [0, 0.1) is 11.3 Å². The van der Waals surface area contributed by atoms with E-state index in [9.17, 15) is 14.7 Å². The normalized spacial score (nSPS) is 20.6. The van der Waals surface area contributed by atoms with Crippen LogP contribution >= 0.6 is 0 Å². The third-order valence-electron chi connectivity index (χ3n) is 3.83. The highest BCUT2D eigenvalue weighted by Crippen LogP contribution is 2.30. The summed E-state index contributed by atoms with van der Waals surface area (Å²) in [5.41, 5.74) is -0.319. The lowest BCUT2D eigenvalue weighted by Crippen LogP contribution is -2.37. The number of urea groups is 1. The zero-order chi connectivity index (χ0) is 17.0. The highest BCUT2D eigenvalue weighted by atomic mass is 16.5. The number of anilines is 1. The predicted molar refractivity (Wildman–Crippen MR) is 85.5 cm³/mol. The number of carboxylic acid groups (broad SMARTS) is 1. The van der Waals surface area contributed by atoms with Gasteiger partial charge in [-0.05, 0) is 25.3 Å². The van der Waals surface area contributed by atoms with Gasteiger partial charge in [0.05, 0.1) is 23.9 Å². The molecular formula is C16H23N3O4. The third kappa shape index (κ3) is 4.34. The zero-order valence-electron chi connectivity index (χ0n) is 13.7. The summed E-state index contributed by atoms with van der Waals surface area (Å²) in [7, 11) is 0. The molecule has 0 radical (unpaired) electrons. The van der Waals surface area contributed by atoms with E-state index in [-0.39, 0.29) is 12.6 Å². The first kappa shape index (κ1) is 17.1. The number of hydrogen-bond donors (Lipinski definition) is 2. The van der Waals surface area contributed by atoms with Crippen LogP contribution in [0.3, 0.4) is 0 Å². The molecule has 1 fully saturated rings. The predicted octanol–water partition coefficient (Wildman–Crippen LogP) is 2.44. The van der Waals surface area contributed by atoms with Crippen molar-refractivity contribution in [2.75, 3.05) is 25.0 Å². The van der Waals surface area contributed by atoms with Crippen molar-refractivity contribution < 1.29 is 19.4 Å². The molecule has 1 aliphatic rings. The number of carboxylic acids is 1. The number of likely N-dealkylation sites (tertiary alicyclic amines) is 1. The van der Waals surface area contributed by atoms with Crippen LogP contribution in [0.15, 0.2) is 18.3 Å². The van der Waals surface area contributed by atoms with Crippen LogP contribution < -0.4 is 10.1 Å². The van der Waals surface area contributed by atoms with E-state index in [1.807, 2.05) is 0 Å². The molecule has 0 bridgehead atoms. The lowest BCUT2D eigenvalue weighted by atomic mass is 9.90. The van der Waals surface area contributed by atoms with E-state index in [4.69, 9.17) is 4.74 Å². The van der Waals surface area contributed by atoms with Gasteiger partial charge in [0.15, 0.2) is 0 Å². The maximum Gasteiger partial charge on any atom is 0.321 e. The number of carbonyl (C=O) groups is 2. The Morgan fingerprint density at radius 1 is 1.48 bits per heavy atom. The molecule has 2 heterocycles. The number of nitrogens with zero attached hydrogens (tertiary/aromatic N) is 2. The maximum absolute atomic E-state index is 12.2. The van der Waals surface area contributed by atoms with Crippen LogP contribution in [0.1, 0.15) is 27.2 Å². The highest BCUT2D eigenvalue weighted by molar-refractivity contribution is 5.90. The second kappa shape index (κ2) is 6.85. The van der Waals surface area contributed by atoms with Crippen LogP contribution in [0.4, 0.5) is 10.5 Å². The zero-order valence-corrected chi connectivity index (χ0v) is 13.7. The van der Waals surface area contributed by atoms with Crippen molar-refractivity contribution in [3.05, 3.63) is 18.3 Å². The second-order valence-electron chi connectivity index (χ2n) is 6.56. The quantitative estimate of drug-likeness (QED) is 0.869. The average molecular weight is 321 g/mol. The number of rotatable bonds is 5. The van der Waals surface area contributed by atoms with Gasteiger partial charge in [-0.15, -0.1) is 0 Å². The van der Waals surface area contributed by atoms with Crippen LogP contribution in [0.5, 0.6) is 5.88 Å². The molecule has 1 aromatic heterocycles. The first-order valence-corrected chi connectivity index (χ1v) is 7.68. The maximum atomic E-state index is 12.2. The molecule has 0 aromatic carbocycles. The topological polar surface area (TPSA) is 91.8 Å². The molecule has 2 N–H and O–H groups in total. The fourth-order valence-electron chi connectivity index (χ4n) is 2.30. The van der Waals surface area contributed by atoms with Crippen molar-refractivity contribution in [1.82, 2.24) is 9.88 Å². The molecule has 2 amide bonds. The van der Waals surface area contributed by atoms with Gasteiger partial charge in [0, 0.05) is 19.2 Å². The lowest BCUT2D eigenvalue weighted by Gasteiger charge is -2.20. The molecule has 1 aromatic rings. The Bertz CT molecular complexity index is 573. The van der Waals surface area contributed by atoms with Crippen molar-refractivity contribution >= 4 is 17.7 Å². The number of carbonyl (C=O) groups excluding carboxylic acids is 1. The third-order valence-corrected chi connectivity index (χ3v) is 3.83. The minimum Gasteiger partial charge on any atom is -0.481 e. The lowest BCUT2D eigenvalue weighted by molar-refractivity contribution is -0.146. The first-order valence-electron chi connectivity index (χ1n) is 7.68. The van der Waals surface area contributed by atoms with Crippen molar-refractivity contribution in [2.45, 2.75) is 27.2 Å². The Hall–Kier alpha value is -2.31. The molecule has 2 rings (SSSR count). The number of amides is 2. The number of aromatic nitrogens is 1. The van der Waals surface area contributed by atoms with Crippen LogP contribution in [0.25, 0.3) is 0 Å². The van der Waals surface area contributed by atoms with Crippen molar-refractivity contribution in [1.29, 1.82) is 0 Å². The molecule has 7 heteroatoms. The molecule has 126 valence electrons. The van der Waals surface area contributed by atoms with E-state index in [0.717, 1.165) is 0 Å². The molecule has 0 spiro atoms. The van der Waals surface area contributed by atoms with E-state index < -0.39 is 11.4 Å². The Kier molecular flexibility index (Phi) is 5.08. The van der Waals surface area contributed by atoms with Gasteiger partial charge in [-0.25, -0.2) is 9.78 Å². The monoisotopic (exact) mass is 321 g/mol. The summed E-state index contributed by atoms with van der Waals surface area (Å²) in [6, 6.07) is 3.10. The van der Waals surface area contributed by atoms with Gasteiger partial charge in [-0.2, -0.15) is 0 Å². The van der Waals surface area contributed by atoms with E-state index >= 15 is 0 Å². The van der Waals surface area contributed by atoms with E-state index in [1.165, 1.54) is 11.1 Å². The molecule has 1 saturated heterocycles. The highest BCUT2D eigenvalue weighted by Gasteiger charge is 2.42. The summed E-state index contributed by atoms with van der Waals surface area (Å²) in [6.07, 6.45) is 1.98. The number of pyridine rings is 1. The number of hydrogen-bond acceptors (Lipinski definition) is 4. The van der Waals surface area contributed by atoms with E-state index in [1.54, 1.807) is 19.1 Å². The second-order valence-corrected chi connectivity index (χ2v) is 6.56. The van der Waals surface area contributed by atoms with Crippen LogP contribution in [0.2, 0.25) is 0 Å². The Balaban J connectivity index is 1.90. The van der Waals surface area contributed by atoms with Gasteiger partial charge < -0.3 is 20.1 Å². The summed E-state index contributed by atoms with van der Waals surface area (Å²) < 4.78 is 5.48. The molecular weight excluding hydrogens is 298 g/mol. The summed E-state index contributed by atoms with van der Waals surface area (Å²) >= 11 is 0. The number of aliphatic carboxylic acids is 1. The summed E-state index contributed by atoms with van der Waals surface area (Å²) in [5.74, 6) is 0.0485. The molecule has 1 unspecified atom stereocenters. The van der Waals surface area contributed by atoms with E-state index in [2.05, 4.69) is 24.1 Å². The summed E-state index contributed by atoms with van der Waals surface area (Å²) in [4.78, 5) is 29.1. The fraction of sp³-hybridized carbons (Fsp3) is 0.562. The summed E-state index contributed by atoms with van der Waals surface area (Å²) in [6.45, 7) is 6.98. The fourth-order valence-corrected chi connectivity index (χ4v) is 2.30. The molecule has 1 aliphatic heterocycles. The van der Waals surface area contributed by atoms with E-state index in [0.29, 0.717) is 37.1 Å². The molecule has 7 nitrogen and oxygen atoms in total. The van der Waals surface area contributed by atoms with Gasteiger partial charge in [-0.3, -0.25) is 4.79 Å². The smallest absolute Gasteiger partial charge is 0.321 e. The minimum atomic E-state index is -0.874. The van der Waals surface area contributed by atoms with Gasteiger partial charge in [0.1, 0.15) is 0 Å². The summed E-state index contributed by atoms with van der Waals surface area (Å²) in [5, 5.41) is 11.9. The van der Waals surface area contributed by atoms with Gasteiger partial charge in [-0.1, -0.05) is 13.8 Å². The van der Waals surface area contributed by atoms with Crippen molar-refractivity contribution in [2.24, 2.45) is 11.3 Å². The molecule has 1 atom stereocenters. The number of nitrogens with one attached hydrogen (secondary N) is 1. The standard InChI is InChI=1S/C16H23N3O4/c1-11(2)9-23-13-5-4-12(8-17-13)18-15(22)19-7-6-16(3,10-19)14(20)21/h4-5,8,11H,6-7,9-10H2,1-3H3,(H,18,22)(H,20,21). The van der Waals surface area contributed by atoms with Gasteiger partial charge >= 0.3 is 12.0 Å². The van der Waals surface area contributed by atoms with Gasteiger partial charge in [0.25, 0.3) is 0 Å². The van der Waals surface area contributed by atoms with Crippen LogP contribution in [-0.2, 0) is 4.79 Å². The van der Waals surface area contributed by atoms with Crippen LogP contribution in [-0.4, -0.2) is 46.7 Å². The van der Waals surface area contributed by atoms with Gasteiger partial charge in [0.2, 0.25) is 5.88 Å². The molecule has 0 saturated carbocycles. The first-order chi connectivity index (χ1) is 10.8. The minimum absolute atomic E-state index is 0.206. The molecule has 23 heavy (non-hydrogen) atoms. The Morgan fingerprint density at radius 2 is 2.22 bits per heavy atom. The number of ether oxygens (including phenoxy) is 1. The Labute approximate surface area is 135 Å². The molecule has 0 aliphatic carbocycles. The van der Waals surface area contributed by atoms with Crippen molar-refractivity contribution in [3.8, 4) is 5.88 Å². The SMILES string of the molecule is CC(C)COc1ccc(NC(=O)N2CCC(C)(C(=O)O)C2)cn1. The average Bonchev–Trinajstić information content (AvgIpc) is 2.90. The van der Waals surface area contributed by atoms with Crippen molar-refractivity contribution in [3.63, 3.8) is 0 Å².